The normalized spacial score (nSPS) is 15.5. The Balaban J connectivity index is 0.000000138. The standard InChI is InChI=1S/C24H27N5O3.C21H19N3O4.C20H17N3O4.C13H12N2O3.C8H9NO2/c1-14-13-26-24(32)21-20(14)18-12-16(6-9-19(18)28-21)23(31)27-17-7-4-15(5-8-17)22(30)25-10-11-29(2)3;1-11-10-22-20(26)18-17(11)15-9-13(5-8-16(15)24-18)19(25)23-14-6-3-12(4-7-14)21(27)28-2;1-10-9-21-19(25)17-16(10)14-8-12(4-7-15(14)23-17)18(24)22-13-5-2-11(3-6-13)20(26)27;1-6-5-14-12(16)11-10(6)8-4-7(13(17)18)2-3-9(8)15-11;1-11-8(10)6-2-4-7(9)5-3-6/h4-9,12,14,28H,10-11,13H2,1-3H3,(H,25,30)(H,26,32)(H,27,31);3-9,11,24H,10H2,1-2H3,(H,22,26)(H,23,25);2-8,10,23H,9H2,1H3,(H,21,25)(H,22,24)(H,26,27);2-4,6,15H,5H2,1H3,(H,14,16)(H,17,18);2-5H,9H2,1H3. The molecule has 116 heavy (non-hydrogen) atoms. The van der Waals surface area contributed by atoms with Crippen molar-refractivity contribution in [3.05, 3.63) is 259 Å². The summed E-state index contributed by atoms with van der Waals surface area (Å²) in [6.07, 6.45) is 0. The fourth-order valence-electron chi connectivity index (χ4n) is 14.0. The van der Waals surface area contributed by atoms with E-state index < -0.39 is 17.9 Å². The third-order valence-electron chi connectivity index (χ3n) is 20.1. The van der Waals surface area contributed by atoms with Crippen LogP contribution in [0.15, 0.2) is 170 Å². The average Bonchev–Trinajstić information content (AvgIpc) is 1.63. The third-order valence-corrected chi connectivity index (χ3v) is 20.1. The summed E-state index contributed by atoms with van der Waals surface area (Å²) in [4.78, 5) is 157. The van der Waals surface area contributed by atoms with Crippen LogP contribution in [0.1, 0.15) is 198 Å². The lowest BCUT2D eigenvalue weighted by molar-refractivity contribution is 0.0592. The second-order valence-electron chi connectivity index (χ2n) is 28.5. The number of hydrogen-bond acceptors (Lipinski definition) is 16. The number of esters is 2. The molecule has 16 rings (SSSR count). The fourth-order valence-corrected chi connectivity index (χ4v) is 14.0. The van der Waals surface area contributed by atoms with Gasteiger partial charge in [0.15, 0.2) is 0 Å². The van der Waals surface area contributed by atoms with Crippen LogP contribution in [0.3, 0.4) is 0 Å². The van der Waals surface area contributed by atoms with E-state index in [1.54, 1.807) is 133 Å². The molecule has 8 amide bonds. The summed E-state index contributed by atoms with van der Waals surface area (Å²) < 4.78 is 9.16. The van der Waals surface area contributed by atoms with Crippen LogP contribution in [-0.2, 0) is 9.47 Å². The summed E-state index contributed by atoms with van der Waals surface area (Å²) >= 11 is 0. The van der Waals surface area contributed by atoms with E-state index in [-0.39, 0.29) is 88.0 Å². The number of anilines is 4. The van der Waals surface area contributed by atoms with Crippen molar-refractivity contribution in [1.82, 2.24) is 51.4 Å². The number of benzene rings is 8. The highest BCUT2D eigenvalue weighted by Crippen LogP contribution is 2.37. The number of methoxy groups -OCH3 is 2. The molecule has 0 saturated heterocycles. The molecule has 4 atom stereocenters. The highest BCUT2D eigenvalue weighted by atomic mass is 16.5. The van der Waals surface area contributed by atoms with Crippen molar-refractivity contribution in [3.63, 3.8) is 0 Å². The second kappa shape index (κ2) is 34.9. The van der Waals surface area contributed by atoms with Gasteiger partial charge in [-0.3, -0.25) is 38.4 Å². The SMILES string of the molecule is CC1CNC(=O)c2[nH]c3ccc(C(=O)Nc4ccc(C(=O)NCCN(C)C)cc4)cc3c21.CC1CNC(=O)c2[nH]c3ccc(C(=O)Nc4ccc(C(=O)O)cc4)cc3c21.CC1CNC(=O)c2[nH]c3ccc(C(=O)O)cc3c21.COC(=O)c1ccc(N)cc1.COC(=O)c1ccc(NC(=O)c2ccc3[nH]c4c(c3c2)C(C)CNC4=O)cc1. The zero-order valence-corrected chi connectivity index (χ0v) is 64.4. The number of nitrogen functional groups attached to an aromatic ring is 1. The molecule has 594 valence electrons. The van der Waals surface area contributed by atoms with E-state index in [1.165, 1.54) is 32.4 Å². The number of rotatable bonds is 14. The van der Waals surface area contributed by atoms with Crippen LogP contribution < -0.4 is 48.3 Å². The first kappa shape index (κ1) is 80.8. The number of carbonyl (C=O) groups excluding carboxylic acids is 10. The quantitative estimate of drug-likeness (QED) is 0.0355. The van der Waals surface area contributed by atoms with Gasteiger partial charge in [-0.25, -0.2) is 19.2 Å². The van der Waals surface area contributed by atoms with E-state index in [9.17, 15) is 57.5 Å². The predicted molar refractivity (Wildman–Crippen MR) is 438 cm³/mol. The van der Waals surface area contributed by atoms with Gasteiger partial charge in [-0.15, -0.1) is 0 Å². The van der Waals surface area contributed by atoms with Crippen LogP contribution in [-0.4, -0.2) is 174 Å². The Morgan fingerprint density at radius 2 is 0.647 bits per heavy atom. The number of likely N-dealkylation sites (N-methyl/N-ethyl adjacent to an activating group) is 1. The first-order chi connectivity index (χ1) is 55.6. The molecule has 30 nitrogen and oxygen atoms in total. The maximum absolute atomic E-state index is 12.8. The van der Waals surface area contributed by atoms with Crippen molar-refractivity contribution in [2.75, 3.05) is 89.3 Å². The van der Waals surface area contributed by atoms with Gasteiger partial charge >= 0.3 is 23.9 Å². The van der Waals surface area contributed by atoms with Crippen LogP contribution in [0, 0.1) is 0 Å². The number of aromatic amines is 4. The number of nitrogens with two attached hydrogens (primary N) is 1. The molecular weight excluding hydrogens is 1490 g/mol. The predicted octanol–water partition coefficient (Wildman–Crippen LogP) is 11.3. The Kier molecular flexibility index (Phi) is 24.3. The maximum atomic E-state index is 12.8. The van der Waals surface area contributed by atoms with E-state index in [4.69, 9.17) is 15.9 Å². The summed E-state index contributed by atoms with van der Waals surface area (Å²) in [7, 11) is 6.56. The van der Waals surface area contributed by atoms with E-state index >= 15 is 0 Å². The minimum absolute atomic E-state index is 0.119. The van der Waals surface area contributed by atoms with E-state index in [0.717, 1.165) is 72.4 Å². The molecule has 4 aliphatic heterocycles. The molecule has 4 aliphatic rings. The van der Waals surface area contributed by atoms with Gasteiger partial charge in [0.2, 0.25) is 0 Å². The molecule has 4 aromatic heterocycles. The Morgan fingerprint density at radius 1 is 0.379 bits per heavy atom. The molecule has 12 aromatic rings. The largest absolute Gasteiger partial charge is 0.478 e. The summed E-state index contributed by atoms with van der Waals surface area (Å²) in [5.74, 6) is -3.59. The Hall–Kier alpha value is -14.7. The number of carbonyl (C=O) groups is 12. The van der Waals surface area contributed by atoms with E-state index in [2.05, 4.69) is 78.9 Å². The van der Waals surface area contributed by atoms with Crippen LogP contribution in [0.2, 0.25) is 0 Å². The van der Waals surface area contributed by atoms with Crippen LogP contribution in [0.5, 0.6) is 0 Å². The van der Waals surface area contributed by atoms with Crippen molar-refractivity contribution in [3.8, 4) is 0 Å². The lowest BCUT2D eigenvalue weighted by atomic mass is 9.93. The number of carboxylic acids is 2. The van der Waals surface area contributed by atoms with Gasteiger partial charge in [0.05, 0.1) is 36.5 Å². The van der Waals surface area contributed by atoms with Crippen molar-refractivity contribution < 1.29 is 77.2 Å². The topological polar surface area (TPSA) is 452 Å². The molecule has 4 unspecified atom stereocenters. The second-order valence-corrected chi connectivity index (χ2v) is 28.5. The monoisotopic (exact) mass is 1570 g/mol. The van der Waals surface area contributed by atoms with Crippen molar-refractivity contribution in [2.24, 2.45) is 0 Å². The Morgan fingerprint density at radius 3 is 0.940 bits per heavy atom. The number of hydrogen-bond donors (Lipinski definition) is 15. The van der Waals surface area contributed by atoms with Crippen LogP contribution in [0.4, 0.5) is 22.7 Å². The lowest BCUT2D eigenvalue weighted by Crippen LogP contribution is -2.33. The molecular formula is C86H84N14O16. The first-order valence-corrected chi connectivity index (χ1v) is 37.0. The number of nitrogens with zero attached hydrogens (tertiary/aromatic N) is 1. The molecule has 0 saturated carbocycles. The first-order valence-electron chi connectivity index (χ1n) is 37.0. The molecule has 30 heteroatoms. The number of aromatic nitrogens is 4. The van der Waals surface area contributed by atoms with Crippen molar-refractivity contribution in [1.29, 1.82) is 0 Å². The Bertz CT molecular complexity index is 5880. The molecule has 8 aromatic carbocycles. The lowest BCUT2D eigenvalue weighted by Gasteiger charge is -2.19. The Labute approximate surface area is 663 Å². The minimum atomic E-state index is -1.02. The number of fused-ring (bicyclic) bond motifs is 12. The molecule has 16 N–H and O–H groups in total. The summed E-state index contributed by atoms with van der Waals surface area (Å²) in [6, 6.07) is 46.6. The number of H-pyrrole nitrogens is 4. The number of amides is 8. The number of ether oxygens (including phenoxy) is 2. The molecule has 0 fully saturated rings. The summed E-state index contributed by atoms with van der Waals surface area (Å²) in [5, 5.41) is 44.1. The summed E-state index contributed by atoms with van der Waals surface area (Å²) in [5.41, 5.74) is 20.3. The van der Waals surface area contributed by atoms with Crippen LogP contribution in [0.25, 0.3) is 43.6 Å². The van der Waals surface area contributed by atoms with Gasteiger partial charge in [-0.05, 0) is 206 Å². The van der Waals surface area contributed by atoms with Crippen molar-refractivity contribution >= 4 is 137 Å². The highest BCUT2D eigenvalue weighted by Gasteiger charge is 2.32. The molecule has 0 radical (unpaired) electrons. The average molecular weight is 1570 g/mol. The molecule has 8 heterocycles. The van der Waals surface area contributed by atoms with Gasteiger partial charge < -0.3 is 92.8 Å². The smallest absolute Gasteiger partial charge is 0.337 e. The van der Waals surface area contributed by atoms with Gasteiger partial charge in [0.1, 0.15) is 22.8 Å². The van der Waals surface area contributed by atoms with E-state index in [1.807, 2.05) is 58.0 Å². The van der Waals surface area contributed by atoms with Gasteiger partial charge in [0.25, 0.3) is 47.3 Å². The van der Waals surface area contributed by atoms with Gasteiger partial charge in [0, 0.05) is 152 Å². The number of nitrogens with one attached hydrogen (secondary N) is 12. The number of aromatic carboxylic acids is 2. The van der Waals surface area contributed by atoms with Gasteiger partial charge in [-0.1, -0.05) is 27.7 Å². The highest BCUT2D eigenvalue weighted by molar-refractivity contribution is 6.12. The van der Waals surface area contributed by atoms with Crippen LogP contribution >= 0.6 is 0 Å². The minimum Gasteiger partial charge on any atom is -0.478 e. The molecule has 0 aliphatic carbocycles. The maximum Gasteiger partial charge on any atom is 0.337 e. The molecule has 0 bridgehead atoms. The van der Waals surface area contributed by atoms with Crippen molar-refractivity contribution in [2.45, 2.75) is 51.4 Å². The molecule has 0 spiro atoms. The summed E-state index contributed by atoms with van der Waals surface area (Å²) in [6.45, 7) is 11.8. The zero-order valence-electron chi connectivity index (χ0n) is 64.4. The third kappa shape index (κ3) is 17.9. The van der Waals surface area contributed by atoms with E-state index in [0.29, 0.717) is 112 Å². The van der Waals surface area contributed by atoms with Gasteiger partial charge in [-0.2, -0.15) is 0 Å². The fraction of sp³-hybridized carbons (Fsp3) is 0.209. The zero-order chi connectivity index (χ0) is 82.9. The number of carboxylic acid groups (broad SMARTS) is 2.